The maximum atomic E-state index is 10.7. The number of hydrogen-bond donors (Lipinski definition) is 1. The van der Waals surface area contributed by atoms with E-state index in [1.807, 2.05) is 36.4 Å². The second kappa shape index (κ2) is 6.10. The Hall–Kier alpha value is -3.14. The molecule has 1 heterocycles. The molecule has 3 aromatic rings. The van der Waals surface area contributed by atoms with Crippen molar-refractivity contribution in [3.63, 3.8) is 0 Å². The largest absolute Gasteiger partial charge is 0.511 e. The second-order valence-electron chi connectivity index (χ2n) is 4.69. The summed E-state index contributed by atoms with van der Waals surface area (Å²) in [5.41, 5.74) is 1.48. The van der Waals surface area contributed by atoms with E-state index in [1.165, 1.54) is 5.39 Å². The fraction of sp³-hybridized carbons (Fsp3) is 0. The average molecular weight is 291 g/mol. The second-order valence-corrected chi connectivity index (χ2v) is 4.69. The lowest BCUT2D eigenvalue weighted by Crippen LogP contribution is -2.04. The smallest absolute Gasteiger partial charge is 0.449 e. The van der Waals surface area contributed by atoms with Crippen molar-refractivity contribution in [1.29, 1.82) is 0 Å². The molecule has 0 spiro atoms. The number of fused-ring (bicyclic) bond motifs is 1. The van der Waals surface area contributed by atoms with Crippen LogP contribution in [0.3, 0.4) is 0 Å². The molecule has 0 radical (unpaired) electrons. The monoisotopic (exact) mass is 291 g/mol. The number of hydrogen-bond acceptors (Lipinski definition) is 3. The van der Waals surface area contributed by atoms with E-state index in [9.17, 15) is 4.79 Å². The highest BCUT2D eigenvalue weighted by molar-refractivity contribution is 5.86. The maximum absolute atomic E-state index is 10.7. The summed E-state index contributed by atoms with van der Waals surface area (Å²) < 4.78 is 4.71. The first kappa shape index (κ1) is 13.8. The van der Waals surface area contributed by atoms with Gasteiger partial charge >= 0.3 is 6.16 Å². The molecule has 2 aromatic carbocycles. The molecule has 1 aromatic heterocycles. The molecule has 0 atom stereocenters. The van der Waals surface area contributed by atoms with Crippen LogP contribution in [0.15, 0.2) is 60.8 Å². The first-order valence-electron chi connectivity index (χ1n) is 6.75. The van der Waals surface area contributed by atoms with Gasteiger partial charge < -0.3 is 9.84 Å². The van der Waals surface area contributed by atoms with Gasteiger partial charge in [0.1, 0.15) is 5.69 Å². The van der Waals surface area contributed by atoms with Gasteiger partial charge in [-0.1, -0.05) is 42.5 Å². The summed E-state index contributed by atoms with van der Waals surface area (Å²) in [5.74, 6) is 0.215. The normalized spacial score (nSPS) is 10.9. The molecule has 0 bridgehead atoms. The lowest BCUT2D eigenvalue weighted by Gasteiger charge is -2.03. The Morgan fingerprint density at radius 3 is 2.64 bits per heavy atom. The van der Waals surface area contributed by atoms with Gasteiger partial charge in [0.05, 0.1) is 0 Å². The summed E-state index contributed by atoms with van der Waals surface area (Å²) in [7, 11) is 0. The Morgan fingerprint density at radius 1 is 1.00 bits per heavy atom. The van der Waals surface area contributed by atoms with Gasteiger partial charge in [0.2, 0.25) is 0 Å². The van der Waals surface area contributed by atoms with E-state index in [1.54, 1.807) is 24.4 Å². The van der Waals surface area contributed by atoms with E-state index in [-0.39, 0.29) is 5.75 Å². The highest BCUT2D eigenvalue weighted by atomic mass is 16.7. The molecule has 0 aliphatic heterocycles. The number of carboxylic acid groups (broad SMARTS) is 1. The van der Waals surface area contributed by atoms with E-state index in [2.05, 4.69) is 17.1 Å². The first-order valence-corrected chi connectivity index (χ1v) is 6.75. The van der Waals surface area contributed by atoms with Gasteiger partial charge in [-0.2, -0.15) is 0 Å². The third-order valence-corrected chi connectivity index (χ3v) is 3.20. The highest BCUT2D eigenvalue weighted by Crippen LogP contribution is 2.20. The van der Waals surface area contributed by atoms with Crippen molar-refractivity contribution in [2.45, 2.75) is 0 Å². The molecule has 22 heavy (non-hydrogen) atoms. The standard InChI is InChI=1S/C18H13NO3/c20-18(21)22-17-6-3-11-19-16(17)10-8-13-7-9-14-4-1-2-5-15(14)12-13/h1-12H,(H,20,21). The number of aromatic nitrogens is 1. The number of carbonyl (C=O) groups is 1. The van der Waals surface area contributed by atoms with E-state index in [0.717, 1.165) is 10.9 Å². The minimum absolute atomic E-state index is 0.215. The van der Waals surface area contributed by atoms with Gasteiger partial charge in [0.25, 0.3) is 0 Å². The zero-order valence-electron chi connectivity index (χ0n) is 11.6. The lowest BCUT2D eigenvalue weighted by atomic mass is 10.1. The van der Waals surface area contributed by atoms with Crippen molar-refractivity contribution in [2.24, 2.45) is 0 Å². The fourth-order valence-electron chi connectivity index (χ4n) is 2.19. The molecular weight excluding hydrogens is 278 g/mol. The number of pyridine rings is 1. The van der Waals surface area contributed by atoms with Gasteiger partial charge in [0, 0.05) is 6.20 Å². The van der Waals surface area contributed by atoms with E-state index >= 15 is 0 Å². The Morgan fingerprint density at radius 2 is 1.82 bits per heavy atom. The fourth-order valence-corrected chi connectivity index (χ4v) is 2.19. The van der Waals surface area contributed by atoms with Crippen LogP contribution < -0.4 is 4.74 Å². The van der Waals surface area contributed by atoms with Crippen molar-refractivity contribution in [1.82, 2.24) is 4.98 Å². The van der Waals surface area contributed by atoms with Crippen molar-refractivity contribution in [3.8, 4) is 5.75 Å². The topological polar surface area (TPSA) is 59.4 Å². The van der Waals surface area contributed by atoms with Crippen LogP contribution in [0.4, 0.5) is 4.79 Å². The summed E-state index contributed by atoms with van der Waals surface area (Å²) in [5, 5.41) is 11.0. The maximum Gasteiger partial charge on any atom is 0.511 e. The van der Waals surface area contributed by atoms with Crippen molar-refractivity contribution in [2.75, 3.05) is 0 Å². The minimum atomic E-state index is -1.35. The predicted molar refractivity (Wildman–Crippen MR) is 85.8 cm³/mol. The summed E-state index contributed by atoms with van der Waals surface area (Å²) >= 11 is 0. The number of rotatable bonds is 3. The van der Waals surface area contributed by atoms with Crippen LogP contribution in [0.1, 0.15) is 11.3 Å². The van der Waals surface area contributed by atoms with E-state index in [4.69, 9.17) is 9.84 Å². The summed E-state index contributed by atoms with van der Waals surface area (Å²) in [6.07, 6.45) is 3.86. The quantitative estimate of drug-likeness (QED) is 0.724. The van der Waals surface area contributed by atoms with Crippen LogP contribution in [0.5, 0.6) is 5.75 Å². The van der Waals surface area contributed by atoms with Gasteiger partial charge in [-0.15, -0.1) is 0 Å². The third kappa shape index (κ3) is 3.12. The molecule has 4 heteroatoms. The molecule has 0 aliphatic rings. The highest BCUT2D eigenvalue weighted by Gasteiger charge is 2.05. The first-order chi connectivity index (χ1) is 10.7. The van der Waals surface area contributed by atoms with Crippen LogP contribution in [0.2, 0.25) is 0 Å². The molecule has 108 valence electrons. The van der Waals surface area contributed by atoms with Crippen LogP contribution in [0, 0.1) is 0 Å². The zero-order valence-corrected chi connectivity index (χ0v) is 11.6. The molecule has 3 rings (SSSR count). The molecule has 0 fully saturated rings. The molecule has 1 N–H and O–H groups in total. The van der Waals surface area contributed by atoms with Gasteiger partial charge in [0.15, 0.2) is 5.75 Å². The van der Waals surface area contributed by atoms with E-state index in [0.29, 0.717) is 5.69 Å². The SMILES string of the molecule is O=C(O)Oc1cccnc1C=Cc1ccc2ccccc2c1. The zero-order chi connectivity index (χ0) is 15.4. The van der Waals surface area contributed by atoms with Crippen molar-refractivity contribution >= 4 is 29.1 Å². The van der Waals surface area contributed by atoms with Gasteiger partial charge in [-0.05, 0) is 40.6 Å². The van der Waals surface area contributed by atoms with Gasteiger partial charge in [-0.25, -0.2) is 4.79 Å². The average Bonchev–Trinajstić information content (AvgIpc) is 2.53. The van der Waals surface area contributed by atoms with Crippen LogP contribution in [0.25, 0.3) is 22.9 Å². The van der Waals surface area contributed by atoms with Gasteiger partial charge in [-0.3, -0.25) is 4.98 Å². The summed E-state index contributed by atoms with van der Waals surface area (Å²) in [6.45, 7) is 0. The molecule has 0 saturated carbocycles. The minimum Gasteiger partial charge on any atom is -0.449 e. The third-order valence-electron chi connectivity index (χ3n) is 3.20. The van der Waals surface area contributed by atoms with Crippen molar-refractivity contribution in [3.05, 3.63) is 72.1 Å². The molecule has 0 unspecified atom stereocenters. The van der Waals surface area contributed by atoms with Crippen LogP contribution in [-0.2, 0) is 0 Å². The Balaban J connectivity index is 1.91. The summed E-state index contributed by atoms with van der Waals surface area (Å²) in [4.78, 5) is 14.8. The molecule has 0 aliphatic carbocycles. The number of nitrogens with zero attached hydrogens (tertiary/aromatic N) is 1. The summed E-state index contributed by atoms with van der Waals surface area (Å²) in [6, 6.07) is 17.4. The predicted octanol–water partition coefficient (Wildman–Crippen LogP) is 4.46. The molecule has 4 nitrogen and oxygen atoms in total. The van der Waals surface area contributed by atoms with E-state index < -0.39 is 6.16 Å². The lowest BCUT2D eigenvalue weighted by molar-refractivity contribution is 0.144. The van der Waals surface area contributed by atoms with Crippen LogP contribution >= 0.6 is 0 Å². The molecule has 0 amide bonds. The number of benzene rings is 2. The Labute approximate surface area is 127 Å². The van der Waals surface area contributed by atoms with Crippen molar-refractivity contribution < 1.29 is 14.6 Å². The molecule has 0 saturated heterocycles. The number of ether oxygens (including phenoxy) is 1. The Kier molecular flexibility index (Phi) is 3.83. The van der Waals surface area contributed by atoms with Crippen LogP contribution in [-0.4, -0.2) is 16.2 Å². The molecular formula is C18H13NO3. The Bertz CT molecular complexity index is 856.